The van der Waals surface area contributed by atoms with Gasteiger partial charge in [0.25, 0.3) is 5.91 Å². The molecule has 3 rings (SSSR count). The highest BCUT2D eigenvalue weighted by molar-refractivity contribution is 7.22. The van der Waals surface area contributed by atoms with E-state index in [1.807, 2.05) is 25.1 Å². The summed E-state index contributed by atoms with van der Waals surface area (Å²) < 4.78 is 6.04. The summed E-state index contributed by atoms with van der Waals surface area (Å²) >= 11 is 1.46. The molecule has 0 radical (unpaired) electrons. The molecule has 0 spiro atoms. The van der Waals surface area contributed by atoms with Crippen molar-refractivity contribution < 1.29 is 14.0 Å². The van der Waals surface area contributed by atoms with Crippen molar-refractivity contribution in [3.63, 3.8) is 0 Å². The third-order valence-electron chi connectivity index (χ3n) is 3.40. The second kappa shape index (κ2) is 7.27. The number of aryl methyl sites for hydroxylation is 1. The number of carbonyl (C=O) groups excluding carboxylic acids is 2. The molecule has 7 heteroatoms. The van der Waals surface area contributed by atoms with Gasteiger partial charge in [0.2, 0.25) is 5.91 Å². The second-order valence-electron chi connectivity index (χ2n) is 5.38. The van der Waals surface area contributed by atoms with Gasteiger partial charge in [0.05, 0.1) is 16.5 Å². The highest BCUT2D eigenvalue weighted by Gasteiger charge is 2.10. The fourth-order valence-corrected chi connectivity index (χ4v) is 3.19. The molecule has 0 unspecified atom stereocenters. The number of amides is 2. The fraction of sp³-hybridized carbons (Fsp3) is 0.235. The van der Waals surface area contributed by atoms with E-state index in [1.165, 1.54) is 17.6 Å². The molecule has 124 valence electrons. The van der Waals surface area contributed by atoms with Gasteiger partial charge in [-0.1, -0.05) is 17.4 Å². The number of nitrogens with zero attached hydrogens (tertiary/aromatic N) is 1. The maximum atomic E-state index is 12.0. The van der Waals surface area contributed by atoms with Crippen LogP contribution in [0.3, 0.4) is 0 Å². The fourth-order valence-electron chi connectivity index (χ4n) is 2.21. The Balaban J connectivity index is 1.44. The molecule has 2 amide bonds. The van der Waals surface area contributed by atoms with Crippen LogP contribution in [0.15, 0.2) is 41.0 Å². The number of thiazole rings is 1. The average Bonchev–Trinajstić information content (AvgIpc) is 3.20. The molecule has 2 aromatic heterocycles. The normalized spacial score (nSPS) is 10.7. The number of aromatic nitrogens is 1. The number of furan rings is 1. The van der Waals surface area contributed by atoms with Crippen LogP contribution >= 0.6 is 11.3 Å². The van der Waals surface area contributed by atoms with Crippen molar-refractivity contribution in [2.24, 2.45) is 0 Å². The Kier molecular flexibility index (Phi) is 4.90. The molecule has 0 aliphatic heterocycles. The molecule has 0 fully saturated rings. The van der Waals surface area contributed by atoms with Gasteiger partial charge in [-0.05, 0) is 43.2 Å². The van der Waals surface area contributed by atoms with Gasteiger partial charge < -0.3 is 15.1 Å². The molecule has 1 aromatic carbocycles. The van der Waals surface area contributed by atoms with Crippen LogP contribution in [0.25, 0.3) is 10.2 Å². The van der Waals surface area contributed by atoms with E-state index < -0.39 is 0 Å². The minimum atomic E-state index is -0.276. The summed E-state index contributed by atoms with van der Waals surface area (Å²) in [6.45, 7) is 2.43. The first kappa shape index (κ1) is 16.2. The van der Waals surface area contributed by atoms with Gasteiger partial charge in [0.1, 0.15) is 0 Å². The standard InChI is InChI=1S/C17H17N3O3S/c1-11-6-7-12-14(10-11)24-17(19-12)20-15(21)5-2-8-18-16(22)13-4-3-9-23-13/h3-4,6-7,9-10H,2,5,8H2,1H3,(H,18,22)(H,19,20,21). The predicted octanol–water partition coefficient (Wildman–Crippen LogP) is 3.35. The molecule has 0 aliphatic rings. The Morgan fingerprint density at radius 2 is 2.17 bits per heavy atom. The molecule has 0 aliphatic carbocycles. The van der Waals surface area contributed by atoms with Crippen LogP contribution in [0.2, 0.25) is 0 Å². The van der Waals surface area contributed by atoms with Gasteiger partial charge >= 0.3 is 0 Å². The maximum Gasteiger partial charge on any atom is 0.286 e. The van der Waals surface area contributed by atoms with E-state index in [2.05, 4.69) is 15.6 Å². The SMILES string of the molecule is Cc1ccc2nc(NC(=O)CCCNC(=O)c3ccco3)sc2c1. The van der Waals surface area contributed by atoms with Crippen molar-refractivity contribution in [1.29, 1.82) is 0 Å². The van der Waals surface area contributed by atoms with Crippen LogP contribution < -0.4 is 10.6 Å². The smallest absolute Gasteiger partial charge is 0.286 e. The van der Waals surface area contributed by atoms with Crippen LogP contribution in [0.1, 0.15) is 29.0 Å². The van der Waals surface area contributed by atoms with Gasteiger partial charge in [-0.3, -0.25) is 9.59 Å². The zero-order chi connectivity index (χ0) is 16.9. The van der Waals surface area contributed by atoms with Crippen LogP contribution in [-0.4, -0.2) is 23.3 Å². The summed E-state index contributed by atoms with van der Waals surface area (Å²) in [4.78, 5) is 28.0. The number of hydrogen-bond acceptors (Lipinski definition) is 5. The zero-order valence-corrected chi connectivity index (χ0v) is 14.0. The van der Waals surface area contributed by atoms with E-state index in [0.717, 1.165) is 15.8 Å². The predicted molar refractivity (Wildman–Crippen MR) is 93.3 cm³/mol. The molecular formula is C17H17N3O3S. The van der Waals surface area contributed by atoms with Crippen LogP contribution in [0.5, 0.6) is 0 Å². The Morgan fingerprint density at radius 1 is 1.29 bits per heavy atom. The van der Waals surface area contributed by atoms with Gasteiger partial charge in [0, 0.05) is 13.0 Å². The van der Waals surface area contributed by atoms with Crippen molar-refractivity contribution in [1.82, 2.24) is 10.3 Å². The highest BCUT2D eigenvalue weighted by atomic mass is 32.1. The van der Waals surface area contributed by atoms with E-state index in [0.29, 0.717) is 24.5 Å². The van der Waals surface area contributed by atoms with E-state index in [4.69, 9.17) is 4.42 Å². The molecular weight excluding hydrogens is 326 g/mol. The van der Waals surface area contributed by atoms with E-state index in [-0.39, 0.29) is 17.6 Å². The van der Waals surface area contributed by atoms with Gasteiger partial charge in [-0.15, -0.1) is 0 Å². The molecule has 2 N–H and O–H groups in total. The Bertz CT molecular complexity index is 855. The van der Waals surface area contributed by atoms with Crippen molar-refractivity contribution in [3.05, 3.63) is 47.9 Å². The third-order valence-corrected chi connectivity index (χ3v) is 4.34. The molecule has 3 aromatic rings. The first-order chi connectivity index (χ1) is 11.6. The number of anilines is 1. The number of hydrogen-bond donors (Lipinski definition) is 2. The van der Waals surface area contributed by atoms with Crippen LogP contribution in [0, 0.1) is 6.92 Å². The maximum absolute atomic E-state index is 12.0. The summed E-state index contributed by atoms with van der Waals surface area (Å²) in [6.07, 6.45) is 2.30. The lowest BCUT2D eigenvalue weighted by Gasteiger charge is -2.03. The summed E-state index contributed by atoms with van der Waals surface area (Å²) in [7, 11) is 0. The molecule has 0 atom stereocenters. The minimum Gasteiger partial charge on any atom is -0.459 e. The summed E-state index contributed by atoms with van der Waals surface area (Å²) in [5.74, 6) is -0.121. The molecule has 24 heavy (non-hydrogen) atoms. The molecule has 6 nitrogen and oxygen atoms in total. The van der Waals surface area contributed by atoms with Gasteiger partial charge in [-0.2, -0.15) is 0 Å². The lowest BCUT2D eigenvalue weighted by Crippen LogP contribution is -2.25. The van der Waals surface area contributed by atoms with Crippen molar-refractivity contribution in [2.75, 3.05) is 11.9 Å². The molecule has 0 bridgehead atoms. The van der Waals surface area contributed by atoms with E-state index in [1.54, 1.807) is 12.1 Å². The summed E-state index contributed by atoms with van der Waals surface area (Å²) in [5.41, 5.74) is 2.04. The van der Waals surface area contributed by atoms with E-state index in [9.17, 15) is 9.59 Å². The van der Waals surface area contributed by atoms with Crippen molar-refractivity contribution in [3.8, 4) is 0 Å². The Morgan fingerprint density at radius 3 is 2.96 bits per heavy atom. The number of rotatable bonds is 6. The number of nitrogens with one attached hydrogen (secondary N) is 2. The molecule has 0 saturated heterocycles. The monoisotopic (exact) mass is 343 g/mol. The van der Waals surface area contributed by atoms with E-state index >= 15 is 0 Å². The number of fused-ring (bicyclic) bond motifs is 1. The molecule has 0 saturated carbocycles. The second-order valence-corrected chi connectivity index (χ2v) is 6.41. The largest absolute Gasteiger partial charge is 0.459 e. The highest BCUT2D eigenvalue weighted by Crippen LogP contribution is 2.26. The van der Waals surface area contributed by atoms with Gasteiger partial charge in [-0.25, -0.2) is 4.98 Å². The lowest BCUT2D eigenvalue weighted by atomic mass is 10.2. The average molecular weight is 343 g/mol. The summed E-state index contributed by atoms with van der Waals surface area (Å²) in [6, 6.07) is 9.24. The quantitative estimate of drug-likeness (QED) is 0.672. The van der Waals surface area contributed by atoms with Crippen LogP contribution in [0.4, 0.5) is 5.13 Å². The Hall–Kier alpha value is -2.67. The third kappa shape index (κ3) is 3.99. The first-order valence-corrected chi connectivity index (χ1v) is 8.42. The lowest BCUT2D eigenvalue weighted by molar-refractivity contribution is -0.116. The number of benzene rings is 1. The topological polar surface area (TPSA) is 84.2 Å². The van der Waals surface area contributed by atoms with Crippen molar-refractivity contribution >= 4 is 38.5 Å². The van der Waals surface area contributed by atoms with Gasteiger partial charge in [0.15, 0.2) is 10.9 Å². The number of carbonyl (C=O) groups is 2. The zero-order valence-electron chi connectivity index (χ0n) is 13.2. The Labute approximate surface area is 142 Å². The first-order valence-electron chi connectivity index (χ1n) is 7.60. The van der Waals surface area contributed by atoms with Crippen LogP contribution in [-0.2, 0) is 4.79 Å². The van der Waals surface area contributed by atoms with Crippen molar-refractivity contribution in [2.45, 2.75) is 19.8 Å². The minimum absolute atomic E-state index is 0.113. The summed E-state index contributed by atoms with van der Waals surface area (Å²) in [5, 5.41) is 6.11. The molecule has 2 heterocycles.